The number of nitrogens with two attached hydrogens (primary N) is 1. The molecule has 0 aliphatic carbocycles. The maximum Gasteiger partial charge on any atom is 0.232 e. The molecule has 2 aliphatic rings. The summed E-state index contributed by atoms with van der Waals surface area (Å²) in [5.41, 5.74) is 5.78. The van der Waals surface area contributed by atoms with Gasteiger partial charge < -0.3 is 25.4 Å². The highest BCUT2D eigenvalue weighted by Crippen LogP contribution is 2.16. The van der Waals surface area contributed by atoms with E-state index >= 15 is 0 Å². The van der Waals surface area contributed by atoms with Gasteiger partial charge in [0.2, 0.25) is 17.8 Å². The maximum atomic E-state index is 5.78. The molecule has 1 aromatic heterocycles. The van der Waals surface area contributed by atoms with E-state index < -0.39 is 0 Å². The van der Waals surface area contributed by atoms with Gasteiger partial charge in [0.1, 0.15) is 0 Å². The zero-order valence-corrected chi connectivity index (χ0v) is 11.4. The number of morpholine rings is 1. The Labute approximate surface area is 117 Å². The molecule has 2 fully saturated rings. The van der Waals surface area contributed by atoms with Crippen molar-refractivity contribution in [1.29, 1.82) is 0 Å². The van der Waals surface area contributed by atoms with Gasteiger partial charge in [0.25, 0.3) is 0 Å². The molecule has 3 N–H and O–H groups in total. The zero-order chi connectivity index (χ0) is 13.8. The fraction of sp³-hybridized carbons (Fsp3) is 0.750. The monoisotopic (exact) mass is 280 g/mol. The molecule has 3 rings (SSSR count). The van der Waals surface area contributed by atoms with Crippen LogP contribution in [0.15, 0.2) is 0 Å². The van der Waals surface area contributed by atoms with E-state index in [0.29, 0.717) is 31.7 Å². The highest BCUT2D eigenvalue weighted by atomic mass is 16.5. The van der Waals surface area contributed by atoms with Gasteiger partial charge in [-0.15, -0.1) is 0 Å². The number of anilines is 3. The van der Waals surface area contributed by atoms with Crippen molar-refractivity contribution in [2.24, 2.45) is 0 Å². The molecule has 1 atom stereocenters. The number of rotatable bonds is 3. The molecule has 1 unspecified atom stereocenters. The highest BCUT2D eigenvalue weighted by Gasteiger charge is 2.18. The van der Waals surface area contributed by atoms with Crippen LogP contribution >= 0.6 is 0 Å². The third-order valence-electron chi connectivity index (χ3n) is 3.43. The molecule has 0 radical (unpaired) electrons. The second-order valence-corrected chi connectivity index (χ2v) is 4.98. The topological polar surface area (TPSA) is 98.4 Å². The van der Waals surface area contributed by atoms with Crippen molar-refractivity contribution in [3.8, 4) is 0 Å². The van der Waals surface area contributed by atoms with Crippen molar-refractivity contribution >= 4 is 17.8 Å². The van der Waals surface area contributed by atoms with Crippen LogP contribution in [0.5, 0.6) is 0 Å². The largest absolute Gasteiger partial charge is 0.379 e. The number of nitrogens with one attached hydrogen (secondary N) is 1. The summed E-state index contributed by atoms with van der Waals surface area (Å²) in [5.74, 6) is 1.37. The molecular weight excluding hydrogens is 260 g/mol. The Balaban J connectivity index is 1.71. The first-order valence-electron chi connectivity index (χ1n) is 7.00. The normalized spacial score (nSPS) is 23.6. The molecule has 110 valence electrons. The van der Waals surface area contributed by atoms with E-state index in [1.807, 2.05) is 0 Å². The number of nitrogen functional groups attached to an aromatic ring is 1. The Hall–Kier alpha value is -1.67. The van der Waals surface area contributed by atoms with Crippen LogP contribution in [0.25, 0.3) is 0 Å². The quantitative estimate of drug-likeness (QED) is 0.791. The minimum atomic E-state index is 0.237. The molecule has 2 aliphatic heterocycles. The smallest absolute Gasteiger partial charge is 0.232 e. The minimum Gasteiger partial charge on any atom is -0.379 e. The van der Waals surface area contributed by atoms with Crippen LogP contribution < -0.4 is 16.0 Å². The molecule has 1 aromatic rings. The van der Waals surface area contributed by atoms with Crippen molar-refractivity contribution in [2.75, 3.05) is 55.5 Å². The van der Waals surface area contributed by atoms with Gasteiger partial charge in [-0.05, 0) is 12.8 Å². The van der Waals surface area contributed by atoms with Crippen LogP contribution in [0.2, 0.25) is 0 Å². The molecule has 0 bridgehead atoms. The molecule has 0 aromatic carbocycles. The Morgan fingerprint density at radius 2 is 1.95 bits per heavy atom. The van der Waals surface area contributed by atoms with Crippen molar-refractivity contribution in [1.82, 2.24) is 15.0 Å². The Kier molecular flexibility index (Phi) is 4.12. The molecular formula is C12H20N6O2. The highest BCUT2D eigenvalue weighted by molar-refractivity contribution is 5.42. The van der Waals surface area contributed by atoms with E-state index in [2.05, 4.69) is 25.2 Å². The average molecular weight is 280 g/mol. The first-order valence-corrected chi connectivity index (χ1v) is 7.00. The van der Waals surface area contributed by atoms with Gasteiger partial charge in [-0.3, -0.25) is 0 Å². The Morgan fingerprint density at radius 3 is 2.70 bits per heavy atom. The standard InChI is InChI=1S/C12H20N6O2/c13-10-15-11(14-9-2-1-5-20-8-9)17-12(16-10)18-3-6-19-7-4-18/h9H,1-8H2,(H3,13,14,15,16,17). The number of hydrogen-bond donors (Lipinski definition) is 2. The molecule has 8 nitrogen and oxygen atoms in total. The summed E-state index contributed by atoms with van der Waals surface area (Å²) in [4.78, 5) is 14.9. The number of ether oxygens (including phenoxy) is 2. The summed E-state index contributed by atoms with van der Waals surface area (Å²) in [7, 11) is 0. The summed E-state index contributed by atoms with van der Waals surface area (Å²) in [6.07, 6.45) is 2.10. The number of hydrogen-bond acceptors (Lipinski definition) is 8. The van der Waals surface area contributed by atoms with Crippen molar-refractivity contribution in [3.63, 3.8) is 0 Å². The fourth-order valence-electron chi connectivity index (χ4n) is 2.39. The average Bonchev–Trinajstić information content (AvgIpc) is 2.49. The third kappa shape index (κ3) is 3.26. The lowest BCUT2D eigenvalue weighted by Crippen LogP contribution is -2.38. The molecule has 3 heterocycles. The summed E-state index contributed by atoms with van der Waals surface area (Å²) in [6, 6.07) is 0.239. The van der Waals surface area contributed by atoms with Gasteiger partial charge in [0.15, 0.2) is 0 Å². The van der Waals surface area contributed by atoms with Crippen LogP contribution in [0.4, 0.5) is 17.8 Å². The maximum absolute atomic E-state index is 5.78. The van der Waals surface area contributed by atoms with Gasteiger partial charge >= 0.3 is 0 Å². The first-order chi connectivity index (χ1) is 9.81. The SMILES string of the molecule is Nc1nc(NC2CCCOC2)nc(N2CCOCC2)n1. The van der Waals surface area contributed by atoms with Crippen LogP contribution in [0, 0.1) is 0 Å². The Morgan fingerprint density at radius 1 is 1.10 bits per heavy atom. The van der Waals surface area contributed by atoms with E-state index in [0.717, 1.165) is 32.5 Å². The van der Waals surface area contributed by atoms with Crippen molar-refractivity contribution in [2.45, 2.75) is 18.9 Å². The second kappa shape index (κ2) is 6.19. The summed E-state index contributed by atoms with van der Waals surface area (Å²) in [6.45, 7) is 4.43. The van der Waals surface area contributed by atoms with Gasteiger partial charge in [0, 0.05) is 19.7 Å². The molecule has 0 saturated carbocycles. The lowest BCUT2D eigenvalue weighted by Gasteiger charge is -2.27. The first kappa shape index (κ1) is 13.3. The summed E-state index contributed by atoms with van der Waals surface area (Å²) in [5, 5.41) is 3.28. The van der Waals surface area contributed by atoms with E-state index in [1.165, 1.54) is 0 Å². The van der Waals surface area contributed by atoms with Crippen molar-refractivity contribution < 1.29 is 9.47 Å². The predicted molar refractivity (Wildman–Crippen MR) is 74.7 cm³/mol. The second-order valence-electron chi connectivity index (χ2n) is 4.98. The molecule has 2 saturated heterocycles. The fourth-order valence-corrected chi connectivity index (χ4v) is 2.39. The van der Waals surface area contributed by atoms with E-state index in [4.69, 9.17) is 15.2 Å². The van der Waals surface area contributed by atoms with E-state index in [1.54, 1.807) is 0 Å². The van der Waals surface area contributed by atoms with Crippen LogP contribution in [-0.2, 0) is 9.47 Å². The van der Waals surface area contributed by atoms with Gasteiger partial charge in [-0.1, -0.05) is 0 Å². The zero-order valence-electron chi connectivity index (χ0n) is 11.4. The van der Waals surface area contributed by atoms with Gasteiger partial charge in [-0.2, -0.15) is 15.0 Å². The summed E-state index contributed by atoms with van der Waals surface area (Å²) >= 11 is 0. The molecule has 20 heavy (non-hydrogen) atoms. The summed E-state index contributed by atoms with van der Waals surface area (Å²) < 4.78 is 10.8. The van der Waals surface area contributed by atoms with Gasteiger partial charge in [-0.25, -0.2) is 0 Å². The van der Waals surface area contributed by atoms with E-state index in [-0.39, 0.29) is 12.0 Å². The van der Waals surface area contributed by atoms with Crippen molar-refractivity contribution in [3.05, 3.63) is 0 Å². The Bertz CT molecular complexity index is 446. The third-order valence-corrected chi connectivity index (χ3v) is 3.43. The number of aromatic nitrogens is 3. The molecule has 0 spiro atoms. The minimum absolute atomic E-state index is 0.237. The van der Waals surface area contributed by atoms with Crippen LogP contribution in [-0.4, -0.2) is 60.5 Å². The lowest BCUT2D eigenvalue weighted by molar-refractivity contribution is 0.0874. The predicted octanol–water partition coefficient (Wildman–Crippen LogP) is -0.119. The lowest BCUT2D eigenvalue weighted by atomic mass is 10.1. The molecule has 0 amide bonds. The van der Waals surface area contributed by atoms with Crippen LogP contribution in [0.1, 0.15) is 12.8 Å². The molecule has 8 heteroatoms. The van der Waals surface area contributed by atoms with Gasteiger partial charge in [0.05, 0.1) is 25.9 Å². The van der Waals surface area contributed by atoms with Crippen LogP contribution in [0.3, 0.4) is 0 Å². The number of nitrogens with zero attached hydrogens (tertiary/aromatic N) is 4. The van der Waals surface area contributed by atoms with E-state index in [9.17, 15) is 0 Å².